The Hall–Kier alpha value is -14.3. The third-order valence-corrected chi connectivity index (χ3v) is 19.9. The predicted molar refractivity (Wildman–Crippen MR) is 456 cm³/mol. The average Bonchev–Trinajstić information content (AvgIpc) is 1.60. The second kappa shape index (κ2) is 45.2. The molecule has 0 heterocycles. The average molecular weight is 1680 g/mol. The van der Waals surface area contributed by atoms with Gasteiger partial charge in [-0.2, -0.15) is 0 Å². The molecule has 17 N–H and O–H groups in total. The standard InChI is InChI=1S/C20H19NO6.C20H17NO6.C19H17NO5.C14H9NO4.C14H11NO2.C2H2.CH5N.CH4O.B.Na.H/c2*22-10-16-12-3-1-4-14(20(26)27)19(12)13-8-7-11(9-15(13)16)21-17(23)5-2-6-18(24)25;21-16(5-2-6-17(22)23)20-13-7-8-14-12(10-13)9-11-3-1-4-15(18(11)14)19(24)25;16-14(17)12-3-1-2-8-6-9-7-10(15(18)19)4-5-11(9)13(8)12;15-10-4-5-11-9(7-10)6-8-2-1-3-12(13(8)11)14(16)17;3*1-2;;;/h1,3-4,7-9,16,22H,2,5-6,10H2,(H,21,23)(H,24,25)(H,26,27);1,3-4,7-10,16H,2,5-6H2,(H,21,23)(H,24,25)(H,26,27);1,3-4,7-8,10H,2,5-6,9H2,(H,20,21)(H,22,23)(H,24,25);1-5,7H,6H2,(H,16,17);1-5,7H,6,15H2,(H,16,17);1-2H;2H2,1H3;2H,1H3;;;/q;;;;;;;;;+1;-1/i;;;;;1D;;;;;. The van der Waals surface area contributed by atoms with Crippen molar-refractivity contribution in [3.05, 3.63) is 276 Å². The van der Waals surface area contributed by atoms with E-state index in [0.717, 1.165) is 97.7 Å². The van der Waals surface area contributed by atoms with Gasteiger partial charge in [0, 0.05) is 106 Å². The van der Waals surface area contributed by atoms with E-state index in [1.54, 1.807) is 109 Å². The molecule has 0 aromatic heterocycles. The Morgan fingerprint density at radius 3 is 1.13 bits per heavy atom. The van der Waals surface area contributed by atoms with Crippen molar-refractivity contribution in [3.63, 3.8) is 0 Å². The number of anilines is 4. The van der Waals surface area contributed by atoms with Crippen LogP contribution in [0, 0.1) is 22.9 Å². The van der Waals surface area contributed by atoms with E-state index in [1.165, 1.54) is 37.7 Å². The van der Waals surface area contributed by atoms with Gasteiger partial charge in [-0.25, -0.2) is 24.0 Å². The molecule has 2 atom stereocenters. The van der Waals surface area contributed by atoms with Crippen molar-refractivity contribution >= 4 is 109 Å². The summed E-state index contributed by atoms with van der Waals surface area (Å²) >= 11 is 0. The Balaban J connectivity index is 0.000000273. The molecule has 2 unspecified atom stereocenters. The number of benzene rings is 10. The normalized spacial score (nSPS) is 12.2. The van der Waals surface area contributed by atoms with Gasteiger partial charge in [0.2, 0.25) is 17.7 Å². The van der Waals surface area contributed by atoms with Gasteiger partial charge in [0.25, 0.3) is 5.69 Å². The number of fused-ring (bicyclic) bond motifs is 15. The summed E-state index contributed by atoms with van der Waals surface area (Å²) < 4.78 is 5.74. The van der Waals surface area contributed by atoms with Crippen molar-refractivity contribution in [1.29, 1.82) is 0 Å². The van der Waals surface area contributed by atoms with Crippen LogP contribution in [0.1, 0.15) is 180 Å². The fourth-order valence-electron chi connectivity index (χ4n) is 15.0. The maximum Gasteiger partial charge on any atom is 1.00 e. The van der Waals surface area contributed by atoms with E-state index in [2.05, 4.69) is 28.1 Å². The number of nitro benzene ring substituents is 1. The van der Waals surface area contributed by atoms with Crippen LogP contribution in [0.2, 0.25) is 0 Å². The number of amides is 3. The van der Waals surface area contributed by atoms with Crippen molar-refractivity contribution in [2.45, 2.75) is 88.9 Å². The molecule has 0 fully saturated rings. The van der Waals surface area contributed by atoms with Gasteiger partial charge in [-0.15, -0.1) is 12.8 Å². The molecule has 3 amide bonds. The third-order valence-electron chi connectivity index (χ3n) is 19.9. The number of rotatable bonds is 23. The number of nitrogens with zero attached hydrogens (tertiary/aromatic N) is 1. The van der Waals surface area contributed by atoms with Gasteiger partial charge in [-0.3, -0.25) is 38.9 Å². The second-order valence-electron chi connectivity index (χ2n) is 27.3. The number of aliphatic carboxylic acids is 3. The molecule has 0 bridgehead atoms. The Bertz CT molecular complexity index is 5840. The summed E-state index contributed by atoms with van der Waals surface area (Å²) in [5, 5.41) is 108. The van der Waals surface area contributed by atoms with Crippen LogP contribution in [-0.4, -0.2) is 157 Å². The van der Waals surface area contributed by atoms with Crippen molar-refractivity contribution in [1.82, 2.24) is 0 Å². The van der Waals surface area contributed by atoms with Crippen molar-refractivity contribution < 1.29 is 146 Å². The fraction of sp³-hybridized carbons (Fsp3) is 0.187. The minimum atomic E-state index is -1.07. The molecule has 32 heteroatoms. The molecule has 0 spiro atoms. The molecule has 5 aliphatic carbocycles. The second-order valence-corrected chi connectivity index (χ2v) is 27.3. The summed E-state index contributed by atoms with van der Waals surface area (Å²) in [5.74, 6) is -9.56. The number of hydrogen-bond acceptors (Lipinski definition) is 18. The van der Waals surface area contributed by atoms with Crippen molar-refractivity contribution in [2.24, 2.45) is 5.73 Å². The Labute approximate surface area is 731 Å². The first-order valence-electron chi connectivity index (χ1n) is 37.8. The number of terminal acetylenes is 1. The summed E-state index contributed by atoms with van der Waals surface area (Å²) in [6.45, 7) is -0.181. The summed E-state index contributed by atoms with van der Waals surface area (Å²) in [4.78, 5) is 146. The Morgan fingerprint density at radius 1 is 0.439 bits per heavy atom. The largest absolute Gasteiger partial charge is 1.00 e. The number of aromatic carboxylic acids is 5. The predicted octanol–water partition coefficient (Wildman–Crippen LogP) is 10.3. The third kappa shape index (κ3) is 23.4. The van der Waals surface area contributed by atoms with Crippen LogP contribution in [0.5, 0.6) is 0 Å². The topological polar surface area (TPSA) is 538 Å². The molecule has 5 aliphatic rings. The number of aldehydes is 1. The number of aliphatic hydroxyl groups is 2. The molecule has 15 rings (SSSR count). The van der Waals surface area contributed by atoms with Crippen LogP contribution < -0.4 is 57.0 Å². The minimum absolute atomic E-state index is 0. The van der Waals surface area contributed by atoms with Gasteiger partial charge in [0.15, 0.2) is 0 Å². The molecule has 0 saturated carbocycles. The quantitative estimate of drug-likeness (QED) is 0.00706. The first-order chi connectivity index (χ1) is 58.4. The number of non-ortho nitro benzene ring substituents is 1. The number of carbonyl (C=O) groups is 12. The first kappa shape index (κ1) is 95.9. The molecular weight excluding hydrogens is 1590 g/mol. The van der Waals surface area contributed by atoms with E-state index in [9.17, 15) is 98.3 Å². The molecule has 123 heavy (non-hydrogen) atoms. The van der Waals surface area contributed by atoms with Gasteiger partial charge in [-0.1, -0.05) is 84.9 Å². The van der Waals surface area contributed by atoms with E-state index in [4.69, 9.17) is 27.5 Å². The van der Waals surface area contributed by atoms with Gasteiger partial charge >= 0.3 is 77.3 Å². The summed E-state index contributed by atoms with van der Waals surface area (Å²) in [6, 6.07) is 51.3. The molecular formula is C91H85BN6NaO24. The molecule has 10 aromatic rings. The van der Waals surface area contributed by atoms with Crippen LogP contribution in [-0.2, 0) is 52.8 Å². The zero-order valence-electron chi connectivity index (χ0n) is 68.7. The summed E-state index contributed by atoms with van der Waals surface area (Å²) in [7, 11) is 2.50. The molecule has 10 aromatic carbocycles. The monoisotopic (exact) mass is 1680 g/mol. The number of nitrogens with one attached hydrogen (secondary N) is 3. The number of carbonyl (C=O) groups excluding carboxylic acids is 4. The van der Waals surface area contributed by atoms with Gasteiger partial charge in [0.05, 0.1) is 45.3 Å². The maximum absolute atomic E-state index is 12.0. The molecule has 30 nitrogen and oxygen atoms in total. The van der Waals surface area contributed by atoms with E-state index in [1.807, 2.05) is 48.5 Å². The maximum atomic E-state index is 12.0. The molecule has 3 radical (unpaired) electrons. The number of nitro groups is 1. The van der Waals surface area contributed by atoms with Gasteiger partial charge in [-0.05, 0) is 231 Å². The number of carboxylic acid groups (broad SMARTS) is 8. The van der Waals surface area contributed by atoms with Crippen LogP contribution >= 0.6 is 0 Å². The zero-order valence-corrected chi connectivity index (χ0v) is 68.7. The van der Waals surface area contributed by atoms with Crippen LogP contribution in [0.25, 0.3) is 55.6 Å². The van der Waals surface area contributed by atoms with E-state index >= 15 is 0 Å². The Morgan fingerprint density at radius 2 is 0.756 bits per heavy atom. The molecule has 0 saturated heterocycles. The number of hydrogen-bond donors (Lipinski definition) is 15. The molecule has 0 aliphatic heterocycles. The van der Waals surface area contributed by atoms with Crippen molar-refractivity contribution in [3.8, 4) is 68.5 Å². The van der Waals surface area contributed by atoms with E-state index in [0.29, 0.717) is 81.0 Å². The number of aliphatic hydroxyl groups excluding tert-OH is 2. The van der Waals surface area contributed by atoms with Crippen molar-refractivity contribution in [2.75, 3.05) is 42.4 Å². The van der Waals surface area contributed by atoms with Crippen LogP contribution in [0.3, 0.4) is 0 Å². The molecule has 627 valence electrons. The SMILES string of the molecule is CN.CO.Nc1ccc2c(c1)Cc1cccc(C(=O)O)c1-2.O=C(O)CCCC(=O)Nc1ccc2c(c1)C(CO)c1cccc(C(=O)O)c1-2.O=C(O)CCCC(=O)Nc1ccc2c(c1)Cc1cccc(C(=O)O)c1-2.O=C(O)c1cccc2c1-c1ccc([N+](=O)[O-])cc1C2.O=CC1c2cc(NC(=O)CCCC(=O)O)ccc2-c2c(C(=O)O)cccc21.[2H]C#C.[B].[H-].[Na+]. The smallest absolute Gasteiger partial charge is 1.00 e. The minimum Gasteiger partial charge on any atom is -1.00 e. The fourth-order valence-corrected chi connectivity index (χ4v) is 15.0. The first-order valence-corrected chi connectivity index (χ1v) is 37.3. The zero-order chi connectivity index (χ0) is 89.3. The van der Waals surface area contributed by atoms with Gasteiger partial charge in [0.1, 0.15) is 7.66 Å². The van der Waals surface area contributed by atoms with Crippen LogP contribution in [0.4, 0.5) is 28.4 Å². The number of nitrogens with two attached hydrogens (primary N) is 2. The number of nitrogen functional groups attached to an aromatic ring is 1. The summed E-state index contributed by atoms with van der Waals surface area (Å²) in [6.07, 6.45) is 9.33. The summed E-state index contributed by atoms with van der Waals surface area (Å²) in [5.41, 5.74) is 29.8. The van der Waals surface area contributed by atoms with Gasteiger partial charge < -0.3 is 84.7 Å². The van der Waals surface area contributed by atoms with Crippen LogP contribution in [0.15, 0.2) is 182 Å². The Kier molecular flexibility index (Phi) is 35.3. The van der Waals surface area contributed by atoms with E-state index in [-0.39, 0.29) is 149 Å². The number of carboxylic acids is 8. The van der Waals surface area contributed by atoms with E-state index < -0.39 is 58.6 Å².